The monoisotopic (exact) mass is 297 g/mol. The summed E-state index contributed by atoms with van der Waals surface area (Å²) in [7, 11) is 0. The van der Waals surface area contributed by atoms with Gasteiger partial charge in [0.2, 0.25) is 5.13 Å². The van der Waals surface area contributed by atoms with Crippen LogP contribution in [0.25, 0.3) is 0 Å². The zero-order chi connectivity index (χ0) is 11.5. The number of rotatable bonds is 2. The summed E-state index contributed by atoms with van der Waals surface area (Å²) in [5, 5.41) is 10.6. The number of hydrogen-bond donors (Lipinski definition) is 1. The van der Waals surface area contributed by atoms with Crippen LogP contribution in [0.3, 0.4) is 0 Å². The first-order chi connectivity index (χ1) is 7.65. The number of halogens is 1. The van der Waals surface area contributed by atoms with Gasteiger partial charge in [-0.3, -0.25) is 10.1 Å². The smallest absolute Gasteiger partial charge is 0.257 e. The molecule has 0 aliphatic rings. The molecule has 0 radical (unpaired) electrons. The van der Waals surface area contributed by atoms with Crippen molar-refractivity contribution < 1.29 is 4.79 Å². The number of carbonyl (C=O) groups is 1. The van der Waals surface area contributed by atoms with Gasteiger partial charge in [0.25, 0.3) is 5.91 Å². The molecule has 0 bridgehead atoms. The van der Waals surface area contributed by atoms with Crippen molar-refractivity contribution in [3.8, 4) is 0 Å². The summed E-state index contributed by atoms with van der Waals surface area (Å²) >= 11 is 4.64. The number of aryl methyl sites for hydroxylation is 1. The van der Waals surface area contributed by atoms with E-state index in [-0.39, 0.29) is 5.91 Å². The minimum Gasteiger partial charge on any atom is -0.296 e. The van der Waals surface area contributed by atoms with Crippen molar-refractivity contribution in [2.24, 2.45) is 0 Å². The molecule has 0 aliphatic carbocycles. The van der Waals surface area contributed by atoms with E-state index in [0.717, 1.165) is 10.0 Å². The van der Waals surface area contributed by atoms with Gasteiger partial charge in [-0.05, 0) is 30.7 Å². The Morgan fingerprint density at radius 3 is 2.88 bits per heavy atom. The molecule has 1 aromatic heterocycles. The van der Waals surface area contributed by atoms with Crippen molar-refractivity contribution in [1.29, 1.82) is 0 Å². The number of nitrogens with zero attached hydrogens (tertiary/aromatic N) is 2. The van der Waals surface area contributed by atoms with Crippen molar-refractivity contribution >= 4 is 38.3 Å². The molecule has 0 spiro atoms. The summed E-state index contributed by atoms with van der Waals surface area (Å²) in [6.07, 6.45) is 0. The van der Waals surface area contributed by atoms with Crippen LogP contribution in [0, 0.1) is 6.92 Å². The fraction of sp³-hybridized carbons (Fsp3) is 0.100. The Balaban J connectivity index is 2.21. The van der Waals surface area contributed by atoms with Gasteiger partial charge in [-0.15, -0.1) is 10.2 Å². The first-order valence-electron chi connectivity index (χ1n) is 4.50. The summed E-state index contributed by atoms with van der Waals surface area (Å²) in [6, 6.07) is 5.53. The van der Waals surface area contributed by atoms with E-state index in [2.05, 4.69) is 31.4 Å². The first kappa shape index (κ1) is 11.2. The average molecular weight is 298 g/mol. The number of nitrogens with one attached hydrogen (secondary N) is 1. The van der Waals surface area contributed by atoms with Gasteiger partial charge in [-0.2, -0.15) is 0 Å². The summed E-state index contributed by atoms with van der Waals surface area (Å²) in [4.78, 5) is 11.8. The molecule has 82 valence electrons. The molecule has 0 saturated heterocycles. The normalized spacial score (nSPS) is 10.1. The fourth-order valence-corrected chi connectivity index (χ4v) is 2.31. The Labute approximate surface area is 105 Å². The van der Waals surface area contributed by atoms with E-state index in [4.69, 9.17) is 0 Å². The van der Waals surface area contributed by atoms with Crippen LogP contribution in [0.1, 0.15) is 15.9 Å². The molecule has 2 aromatic rings. The summed E-state index contributed by atoms with van der Waals surface area (Å²) in [6.45, 7) is 1.94. The maximum atomic E-state index is 11.8. The highest BCUT2D eigenvalue weighted by atomic mass is 79.9. The van der Waals surface area contributed by atoms with Crippen LogP contribution in [-0.4, -0.2) is 16.1 Å². The van der Waals surface area contributed by atoms with Gasteiger partial charge < -0.3 is 0 Å². The molecule has 4 nitrogen and oxygen atoms in total. The highest BCUT2D eigenvalue weighted by Gasteiger charge is 2.08. The van der Waals surface area contributed by atoms with Gasteiger partial charge in [0.1, 0.15) is 5.51 Å². The average Bonchev–Trinajstić information content (AvgIpc) is 2.68. The lowest BCUT2D eigenvalue weighted by Gasteiger charge is -2.03. The third-order valence-corrected chi connectivity index (χ3v) is 2.95. The van der Waals surface area contributed by atoms with E-state index >= 15 is 0 Å². The predicted molar refractivity (Wildman–Crippen MR) is 66.7 cm³/mol. The second-order valence-corrected chi connectivity index (χ2v) is 4.96. The number of anilines is 1. The molecule has 0 atom stereocenters. The topological polar surface area (TPSA) is 54.9 Å². The van der Waals surface area contributed by atoms with Gasteiger partial charge >= 0.3 is 0 Å². The molecule has 1 amide bonds. The SMILES string of the molecule is Cc1cc(Br)cc(C(=O)Nc2nncs2)c1. The minimum absolute atomic E-state index is 0.179. The van der Waals surface area contributed by atoms with Gasteiger partial charge in [0.15, 0.2) is 0 Å². The van der Waals surface area contributed by atoms with Crippen LogP contribution in [0.5, 0.6) is 0 Å². The fourth-order valence-electron chi connectivity index (χ4n) is 1.26. The molecule has 0 saturated carbocycles. The van der Waals surface area contributed by atoms with Gasteiger partial charge in [0.05, 0.1) is 0 Å². The quantitative estimate of drug-likeness (QED) is 0.927. The van der Waals surface area contributed by atoms with E-state index < -0.39 is 0 Å². The van der Waals surface area contributed by atoms with Crippen LogP contribution < -0.4 is 5.32 Å². The Morgan fingerprint density at radius 1 is 1.44 bits per heavy atom. The second kappa shape index (κ2) is 4.71. The Morgan fingerprint density at radius 2 is 2.25 bits per heavy atom. The van der Waals surface area contributed by atoms with Crippen molar-refractivity contribution in [2.45, 2.75) is 6.92 Å². The van der Waals surface area contributed by atoms with Crippen molar-refractivity contribution in [3.05, 3.63) is 39.3 Å². The molecule has 1 heterocycles. The van der Waals surface area contributed by atoms with Gasteiger partial charge in [-0.25, -0.2) is 0 Å². The summed E-state index contributed by atoms with van der Waals surface area (Å²) in [5.74, 6) is -0.179. The number of aromatic nitrogens is 2. The van der Waals surface area contributed by atoms with Crippen LogP contribution in [0.2, 0.25) is 0 Å². The number of hydrogen-bond acceptors (Lipinski definition) is 4. The lowest BCUT2D eigenvalue weighted by Crippen LogP contribution is -2.11. The van der Waals surface area contributed by atoms with Crippen molar-refractivity contribution in [1.82, 2.24) is 10.2 Å². The zero-order valence-electron chi connectivity index (χ0n) is 8.40. The summed E-state index contributed by atoms with van der Waals surface area (Å²) < 4.78 is 0.884. The van der Waals surface area contributed by atoms with E-state index in [1.165, 1.54) is 11.3 Å². The highest BCUT2D eigenvalue weighted by Crippen LogP contribution is 2.17. The van der Waals surface area contributed by atoms with Gasteiger partial charge in [0, 0.05) is 10.0 Å². The number of amides is 1. The van der Waals surface area contributed by atoms with Crippen LogP contribution in [-0.2, 0) is 0 Å². The van der Waals surface area contributed by atoms with Crippen molar-refractivity contribution in [3.63, 3.8) is 0 Å². The first-order valence-corrected chi connectivity index (χ1v) is 6.17. The molecule has 0 unspecified atom stereocenters. The molecule has 1 aromatic carbocycles. The maximum Gasteiger partial charge on any atom is 0.257 e. The number of carbonyl (C=O) groups excluding carboxylic acids is 1. The molecule has 6 heteroatoms. The van der Waals surface area contributed by atoms with Crippen LogP contribution >= 0.6 is 27.3 Å². The third kappa shape index (κ3) is 2.65. The molecule has 1 N–H and O–H groups in total. The van der Waals surface area contributed by atoms with Crippen molar-refractivity contribution in [2.75, 3.05) is 5.32 Å². The molecule has 0 fully saturated rings. The van der Waals surface area contributed by atoms with E-state index in [0.29, 0.717) is 10.7 Å². The Hall–Kier alpha value is -1.27. The molecule has 16 heavy (non-hydrogen) atoms. The van der Waals surface area contributed by atoms with Gasteiger partial charge in [-0.1, -0.05) is 27.3 Å². The Kier molecular flexibility index (Phi) is 3.31. The second-order valence-electron chi connectivity index (χ2n) is 3.22. The van der Waals surface area contributed by atoms with Crippen LogP contribution in [0.15, 0.2) is 28.2 Å². The highest BCUT2D eigenvalue weighted by molar-refractivity contribution is 9.10. The Bertz CT molecular complexity index is 493. The molecular weight excluding hydrogens is 290 g/mol. The predicted octanol–water partition coefficient (Wildman–Crippen LogP) is 2.86. The lowest BCUT2D eigenvalue weighted by atomic mass is 10.1. The third-order valence-electron chi connectivity index (χ3n) is 1.88. The summed E-state index contributed by atoms with van der Waals surface area (Å²) in [5.41, 5.74) is 3.20. The largest absolute Gasteiger partial charge is 0.296 e. The standard InChI is InChI=1S/C10H8BrN3OS/c1-6-2-7(4-8(11)3-6)9(15)13-10-14-12-5-16-10/h2-5H,1H3,(H,13,14,15). The minimum atomic E-state index is -0.179. The molecular formula is C10H8BrN3OS. The zero-order valence-corrected chi connectivity index (χ0v) is 10.8. The lowest BCUT2D eigenvalue weighted by molar-refractivity contribution is 0.102. The van der Waals surface area contributed by atoms with Crippen LogP contribution in [0.4, 0.5) is 5.13 Å². The molecule has 0 aliphatic heterocycles. The molecule has 2 rings (SSSR count). The maximum absolute atomic E-state index is 11.8. The van der Waals surface area contributed by atoms with E-state index in [1.54, 1.807) is 11.6 Å². The van der Waals surface area contributed by atoms with E-state index in [9.17, 15) is 4.79 Å². The number of benzene rings is 1. The van der Waals surface area contributed by atoms with E-state index in [1.807, 2.05) is 19.1 Å².